The van der Waals surface area contributed by atoms with Crippen LogP contribution in [0, 0.1) is 0 Å². The molecule has 2 rings (SSSR count). The van der Waals surface area contributed by atoms with Crippen LogP contribution in [0.5, 0.6) is 11.5 Å². The van der Waals surface area contributed by atoms with Gasteiger partial charge >= 0.3 is 0 Å². The molecule has 1 aromatic heterocycles. The first-order valence-corrected chi connectivity index (χ1v) is 7.12. The summed E-state index contributed by atoms with van der Waals surface area (Å²) in [5, 5.41) is 0. The third-order valence-electron chi connectivity index (χ3n) is 3.32. The number of ether oxygens (including phenoxy) is 2. The van der Waals surface area contributed by atoms with Gasteiger partial charge in [-0.1, -0.05) is 12.1 Å². The van der Waals surface area contributed by atoms with Gasteiger partial charge in [0.05, 0.1) is 13.7 Å². The van der Waals surface area contributed by atoms with Gasteiger partial charge in [-0.15, -0.1) is 0 Å². The molecule has 0 bridgehead atoms. The fourth-order valence-electron chi connectivity index (χ4n) is 2.28. The number of methoxy groups -OCH3 is 1. The molecule has 0 saturated heterocycles. The zero-order chi connectivity index (χ0) is 15.2. The van der Waals surface area contributed by atoms with Gasteiger partial charge in [-0.3, -0.25) is 0 Å². The standard InChI is InChI=1S/C16H23N3O2/c1-12(17)11-13-5-4-6-14(20-3)16(13)21-10-7-15-18-8-9-19(15)2/h4-6,8-9,12H,7,10-11,17H2,1-3H3. The molecule has 0 saturated carbocycles. The van der Waals surface area contributed by atoms with Crippen molar-refractivity contribution >= 4 is 0 Å². The predicted molar refractivity (Wildman–Crippen MR) is 82.8 cm³/mol. The average molecular weight is 289 g/mol. The van der Waals surface area contributed by atoms with Crippen molar-refractivity contribution < 1.29 is 9.47 Å². The minimum atomic E-state index is 0.0778. The van der Waals surface area contributed by atoms with E-state index in [1.807, 2.05) is 42.9 Å². The Kier molecular flexibility index (Phi) is 5.22. The number of rotatable bonds is 7. The van der Waals surface area contributed by atoms with E-state index in [4.69, 9.17) is 15.2 Å². The monoisotopic (exact) mass is 289 g/mol. The number of nitrogens with two attached hydrogens (primary N) is 1. The Bertz CT molecular complexity index is 579. The third kappa shape index (κ3) is 3.98. The summed E-state index contributed by atoms with van der Waals surface area (Å²) in [5.74, 6) is 2.53. The van der Waals surface area contributed by atoms with E-state index in [0.29, 0.717) is 6.61 Å². The van der Waals surface area contributed by atoms with Gasteiger partial charge in [0.2, 0.25) is 0 Å². The van der Waals surface area contributed by atoms with Crippen molar-refractivity contribution in [2.24, 2.45) is 12.8 Å². The molecule has 2 aromatic rings. The molecule has 0 amide bonds. The van der Waals surface area contributed by atoms with Gasteiger partial charge in [-0.25, -0.2) is 4.98 Å². The summed E-state index contributed by atoms with van der Waals surface area (Å²) in [6.07, 6.45) is 5.23. The van der Waals surface area contributed by atoms with Crippen LogP contribution in [0.4, 0.5) is 0 Å². The summed E-state index contributed by atoms with van der Waals surface area (Å²) in [6.45, 7) is 2.54. The lowest BCUT2D eigenvalue weighted by molar-refractivity contribution is 0.291. The summed E-state index contributed by atoms with van der Waals surface area (Å²) in [7, 11) is 3.63. The second kappa shape index (κ2) is 7.13. The highest BCUT2D eigenvalue weighted by Gasteiger charge is 2.12. The number of hydrogen-bond donors (Lipinski definition) is 1. The summed E-state index contributed by atoms with van der Waals surface area (Å²) >= 11 is 0. The lowest BCUT2D eigenvalue weighted by Crippen LogP contribution is -2.18. The van der Waals surface area contributed by atoms with E-state index < -0.39 is 0 Å². The predicted octanol–water partition coefficient (Wildman–Crippen LogP) is 1.94. The fourth-order valence-corrected chi connectivity index (χ4v) is 2.28. The van der Waals surface area contributed by atoms with E-state index in [0.717, 1.165) is 35.7 Å². The second-order valence-electron chi connectivity index (χ2n) is 5.18. The van der Waals surface area contributed by atoms with E-state index in [1.165, 1.54) is 0 Å². The topological polar surface area (TPSA) is 62.3 Å². The molecule has 0 aliphatic rings. The van der Waals surface area contributed by atoms with Gasteiger partial charge in [0.15, 0.2) is 11.5 Å². The summed E-state index contributed by atoms with van der Waals surface area (Å²) < 4.78 is 13.3. The fraction of sp³-hybridized carbons (Fsp3) is 0.438. The molecule has 0 aliphatic carbocycles. The molecule has 1 atom stereocenters. The largest absolute Gasteiger partial charge is 0.493 e. The molecular weight excluding hydrogens is 266 g/mol. The maximum Gasteiger partial charge on any atom is 0.164 e. The average Bonchev–Trinajstić information content (AvgIpc) is 2.85. The second-order valence-corrected chi connectivity index (χ2v) is 5.18. The molecule has 1 heterocycles. The molecule has 1 unspecified atom stereocenters. The van der Waals surface area contributed by atoms with Crippen molar-refractivity contribution in [2.45, 2.75) is 25.8 Å². The Morgan fingerprint density at radius 2 is 2.19 bits per heavy atom. The van der Waals surface area contributed by atoms with Crippen LogP contribution in [0.2, 0.25) is 0 Å². The summed E-state index contributed by atoms with van der Waals surface area (Å²) in [5.41, 5.74) is 6.97. The SMILES string of the molecule is COc1cccc(CC(C)N)c1OCCc1nccn1C. The Hall–Kier alpha value is -2.01. The van der Waals surface area contributed by atoms with Crippen LogP contribution in [0.3, 0.4) is 0 Å². The van der Waals surface area contributed by atoms with Gasteiger partial charge in [0, 0.05) is 31.9 Å². The third-order valence-corrected chi connectivity index (χ3v) is 3.32. The van der Waals surface area contributed by atoms with E-state index in [1.54, 1.807) is 13.3 Å². The maximum atomic E-state index is 5.95. The highest BCUT2D eigenvalue weighted by molar-refractivity contribution is 5.47. The smallest absolute Gasteiger partial charge is 0.164 e. The van der Waals surface area contributed by atoms with E-state index in [9.17, 15) is 0 Å². The van der Waals surface area contributed by atoms with Crippen molar-refractivity contribution in [3.63, 3.8) is 0 Å². The first-order chi connectivity index (χ1) is 10.1. The van der Waals surface area contributed by atoms with Gasteiger partial charge in [0.1, 0.15) is 5.82 Å². The lowest BCUT2D eigenvalue weighted by atomic mass is 10.1. The number of imidazole rings is 1. The Morgan fingerprint density at radius 3 is 2.81 bits per heavy atom. The van der Waals surface area contributed by atoms with Crippen LogP contribution >= 0.6 is 0 Å². The molecule has 0 spiro atoms. The molecule has 0 radical (unpaired) electrons. The first kappa shape index (κ1) is 15.4. The van der Waals surface area contributed by atoms with Gasteiger partial charge in [-0.2, -0.15) is 0 Å². The van der Waals surface area contributed by atoms with Crippen LogP contribution in [-0.2, 0) is 19.9 Å². The molecule has 21 heavy (non-hydrogen) atoms. The normalized spacial score (nSPS) is 12.2. The van der Waals surface area contributed by atoms with Crippen molar-refractivity contribution in [1.82, 2.24) is 9.55 Å². The Labute approximate surface area is 125 Å². The highest BCUT2D eigenvalue weighted by Crippen LogP contribution is 2.31. The maximum absolute atomic E-state index is 5.95. The van der Waals surface area contributed by atoms with Crippen LogP contribution in [0.15, 0.2) is 30.6 Å². The summed E-state index contributed by atoms with van der Waals surface area (Å²) in [6, 6.07) is 5.97. The van der Waals surface area contributed by atoms with Crippen molar-refractivity contribution in [3.05, 3.63) is 42.0 Å². The van der Waals surface area contributed by atoms with E-state index in [-0.39, 0.29) is 6.04 Å². The van der Waals surface area contributed by atoms with Crippen molar-refractivity contribution in [2.75, 3.05) is 13.7 Å². The molecule has 5 heteroatoms. The van der Waals surface area contributed by atoms with Crippen LogP contribution < -0.4 is 15.2 Å². The summed E-state index contributed by atoms with van der Waals surface area (Å²) in [4.78, 5) is 4.29. The Morgan fingerprint density at radius 1 is 1.38 bits per heavy atom. The molecule has 5 nitrogen and oxygen atoms in total. The lowest BCUT2D eigenvalue weighted by Gasteiger charge is -2.16. The van der Waals surface area contributed by atoms with Gasteiger partial charge in [0.25, 0.3) is 0 Å². The minimum Gasteiger partial charge on any atom is -0.493 e. The number of aryl methyl sites for hydroxylation is 1. The zero-order valence-corrected chi connectivity index (χ0v) is 12.9. The molecule has 114 valence electrons. The molecular formula is C16H23N3O2. The number of nitrogens with zero attached hydrogens (tertiary/aromatic N) is 2. The quantitative estimate of drug-likeness (QED) is 0.846. The Balaban J connectivity index is 2.08. The minimum absolute atomic E-state index is 0.0778. The van der Waals surface area contributed by atoms with Gasteiger partial charge < -0.3 is 19.8 Å². The number of hydrogen-bond acceptors (Lipinski definition) is 4. The number of para-hydroxylation sites is 1. The first-order valence-electron chi connectivity index (χ1n) is 7.12. The molecule has 0 aliphatic heterocycles. The van der Waals surface area contributed by atoms with Crippen LogP contribution in [0.25, 0.3) is 0 Å². The number of benzene rings is 1. The van der Waals surface area contributed by atoms with E-state index in [2.05, 4.69) is 4.98 Å². The molecule has 1 aromatic carbocycles. The van der Waals surface area contributed by atoms with E-state index >= 15 is 0 Å². The zero-order valence-electron chi connectivity index (χ0n) is 12.9. The molecule has 0 fully saturated rings. The van der Waals surface area contributed by atoms with Gasteiger partial charge in [-0.05, 0) is 25.0 Å². The van der Waals surface area contributed by atoms with Crippen LogP contribution in [-0.4, -0.2) is 29.3 Å². The molecule has 2 N–H and O–H groups in total. The highest BCUT2D eigenvalue weighted by atomic mass is 16.5. The van der Waals surface area contributed by atoms with Crippen molar-refractivity contribution in [3.8, 4) is 11.5 Å². The van der Waals surface area contributed by atoms with Crippen molar-refractivity contribution in [1.29, 1.82) is 0 Å². The number of aromatic nitrogens is 2. The van der Waals surface area contributed by atoms with Crippen LogP contribution in [0.1, 0.15) is 18.3 Å².